The first-order chi connectivity index (χ1) is 12.3. The number of ether oxygens (including phenoxy) is 2. The molecule has 1 aromatic rings. The highest BCUT2D eigenvalue weighted by Crippen LogP contribution is 2.39. The van der Waals surface area contributed by atoms with Gasteiger partial charge < -0.3 is 14.6 Å². The van der Waals surface area contributed by atoms with E-state index in [9.17, 15) is 9.59 Å². The van der Waals surface area contributed by atoms with Crippen LogP contribution in [0.15, 0.2) is 6.07 Å². The largest absolute Gasteiger partial charge is 0.490 e. The zero-order valence-corrected chi connectivity index (χ0v) is 17.0. The van der Waals surface area contributed by atoms with Crippen molar-refractivity contribution in [1.82, 2.24) is 4.90 Å². The maximum atomic E-state index is 12.5. The average Bonchev–Trinajstić information content (AvgIpc) is 2.82. The Kier molecular flexibility index (Phi) is 6.88. The second-order valence-corrected chi connectivity index (χ2v) is 7.73. The number of thioether (sulfide) groups is 1. The summed E-state index contributed by atoms with van der Waals surface area (Å²) in [5.74, 6) is 0.0914. The van der Waals surface area contributed by atoms with Crippen LogP contribution >= 0.6 is 24.0 Å². The van der Waals surface area contributed by atoms with Gasteiger partial charge in [0.1, 0.15) is 10.9 Å². The van der Waals surface area contributed by atoms with E-state index < -0.39 is 17.8 Å². The van der Waals surface area contributed by atoms with E-state index in [0.29, 0.717) is 29.7 Å². The molecule has 0 bridgehead atoms. The predicted molar refractivity (Wildman–Crippen MR) is 105 cm³/mol. The molecule has 6 nitrogen and oxygen atoms in total. The summed E-state index contributed by atoms with van der Waals surface area (Å²) < 4.78 is 11.8. The zero-order chi connectivity index (χ0) is 19.4. The lowest BCUT2D eigenvalue weighted by molar-refractivity contribution is -0.141. The number of aryl methyl sites for hydroxylation is 1. The van der Waals surface area contributed by atoms with Crippen molar-refractivity contribution in [3.05, 3.63) is 22.8 Å². The van der Waals surface area contributed by atoms with Gasteiger partial charge in [-0.3, -0.25) is 14.5 Å². The number of hydrogen-bond donors (Lipinski definition) is 1. The molecule has 0 saturated carbocycles. The Bertz CT molecular complexity index is 735. The van der Waals surface area contributed by atoms with Gasteiger partial charge in [-0.15, -0.1) is 0 Å². The summed E-state index contributed by atoms with van der Waals surface area (Å²) in [6, 6.07) is 2.00. The van der Waals surface area contributed by atoms with Crippen molar-refractivity contribution in [2.75, 3.05) is 19.8 Å². The van der Waals surface area contributed by atoms with Gasteiger partial charge in [-0.05, 0) is 50.8 Å². The van der Waals surface area contributed by atoms with E-state index in [1.165, 1.54) is 11.8 Å². The van der Waals surface area contributed by atoms with Crippen LogP contribution in [-0.4, -0.2) is 51.2 Å². The van der Waals surface area contributed by atoms with E-state index >= 15 is 0 Å². The Hall–Kier alpha value is -1.80. The molecule has 1 saturated heterocycles. The van der Waals surface area contributed by atoms with E-state index in [4.69, 9.17) is 26.8 Å². The van der Waals surface area contributed by atoms with Crippen molar-refractivity contribution >= 4 is 40.2 Å². The predicted octanol–water partition coefficient (Wildman–Crippen LogP) is 2.96. The molecule has 0 aliphatic carbocycles. The summed E-state index contributed by atoms with van der Waals surface area (Å²) in [6.45, 7) is 8.38. The third kappa shape index (κ3) is 4.29. The van der Waals surface area contributed by atoms with Crippen LogP contribution in [0, 0.1) is 13.8 Å². The first kappa shape index (κ1) is 20.5. The van der Waals surface area contributed by atoms with Crippen LogP contribution in [0.3, 0.4) is 0 Å². The first-order valence-corrected chi connectivity index (χ1v) is 9.71. The topological polar surface area (TPSA) is 76.1 Å². The van der Waals surface area contributed by atoms with Crippen molar-refractivity contribution in [2.45, 2.75) is 39.4 Å². The molecular weight excluding hydrogens is 374 g/mol. The Labute approximate surface area is 162 Å². The smallest absolute Gasteiger partial charge is 0.323 e. The van der Waals surface area contributed by atoms with Crippen LogP contribution in [0.2, 0.25) is 0 Å². The fourth-order valence-corrected chi connectivity index (χ4v) is 4.41. The van der Waals surface area contributed by atoms with Gasteiger partial charge in [-0.2, -0.15) is 0 Å². The molecule has 1 heterocycles. The van der Waals surface area contributed by atoms with Gasteiger partial charge in [0, 0.05) is 0 Å². The quantitative estimate of drug-likeness (QED) is 0.676. The van der Waals surface area contributed by atoms with Gasteiger partial charge in [0.05, 0.1) is 18.5 Å². The lowest BCUT2D eigenvalue weighted by atomic mass is 9.98. The number of carboxylic acid groups (broad SMARTS) is 1. The molecule has 0 aromatic heterocycles. The Morgan fingerprint density at radius 1 is 1.27 bits per heavy atom. The molecule has 8 heteroatoms. The van der Waals surface area contributed by atoms with Crippen LogP contribution in [0.1, 0.15) is 30.5 Å². The average molecular weight is 398 g/mol. The van der Waals surface area contributed by atoms with Gasteiger partial charge in [0.2, 0.25) is 5.91 Å². The van der Waals surface area contributed by atoms with Crippen LogP contribution in [0.25, 0.3) is 0 Å². The van der Waals surface area contributed by atoms with Crippen molar-refractivity contribution in [1.29, 1.82) is 0 Å². The molecule has 1 atom stereocenters. The molecule has 26 heavy (non-hydrogen) atoms. The minimum absolute atomic E-state index is 0.258. The highest BCUT2D eigenvalue weighted by Gasteiger charge is 2.38. The summed E-state index contributed by atoms with van der Waals surface area (Å²) >= 11 is 6.41. The number of hydrogen-bond acceptors (Lipinski definition) is 6. The molecule has 1 unspecified atom stereocenters. The summed E-state index contributed by atoms with van der Waals surface area (Å²) in [5, 5.41) is 8.53. The maximum absolute atomic E-state index is 12.5. The first-order valence-electron chi connectivity index (χ1n) is 8.42. The number of nitrogens with zero attached hydrogens (tertiary/aromatic N) is 1. The SMILES string of the molecule is CCOc1c(C)cc(CC2SC(=S)N(CC(=O)O)C2=O)c(C)c1OCC. The third-order valence-electron chi connectivity index (χ3n) is 4.06. The number of rotatable bonds is 8. The van der Waals surface area contributed by atoms with Crippen molar-refractivity contribution in [3.63, 3.8) is 0 Å². The van der Waals surface area contributed by atoms with E-state index in [0.717, 1.165) is 27.3 Å². The number of carbonyl (C=O) groups excluding carboxylic acids is 1. The molecule has 1 amide bonds. The van der Waals surface area contributed by atoms with Gasteiger partial charge in [-0.25, -0.2) is 0 Å². The van der Waals surface area contributed by atoms with E-state index in [1.54, 1.807) is 0 Å². The van der Waals surface area contributed by atoms with E-state index in [1.807, 2.05) is 33.8 Å². The van der Waals surface area contributed by atoms with Gasteiger partial charge in [0.15, 0.2) is 11.5 Å². The van der Waals surface area contributed by atoms with Crippen LogP contribution in [0.5, 0.6) is 11.5 Å². The number of benzene rings is 1. The lowest BCUT2D eigenvalue weighted by Crippen LogP contribution is -2.36. The van der Waals surface area contributed by atoms with Crippen molar-refractivity contribution in [2.24, 2.45) is 0 Å². The highest BCUT2D eigenvalue weighted by atomic mass is 32.2. The Morgan fingerprint density at radius 3 is 2.46 bits per heavy atom. The van der Waals surface area contributed by atoms with Crippen LogP contribution in [0.4, 0.5) is 0 Å². The fraction of sp³-hybridized carbons (Fsp3) is 0.500. The molecule has 1 N–H and O–H groups in total. The molecule has 0 radical (unpaired) electrons. The van der Waals surface area contributed by atoms with Gasteiger partial charge in [-0.1, -0.05) is 30.0 Å². The normalized spacial score (nSPS) is 16.9. The standard InChI is InChI=1S/C18H23NO5S2/c1-5-23-15-10(3)7-12(11(4)16(15)24-6-2)8-13-17(22)19(9-14(20)21)18(25)26-13/h7,13H,5-6,8-9H2,1-4H3,(H,20,21). The van der Waals surface area contributed by atoms with Gasteiger partial charge >= 0.3 is 5.97 Å². The molecular formula is C18H23NO5S2. The molecule has 2 rings (SSSR count). The zero-order valence-electron chi connectivity index (χ0n) is 15.3. The number of amides is 1. The second kappa shape index (κ2) is 8.73. The summed E-state index contributed by atoms with van der Waals surface area (Å²) in [5.41, 5.74) is 2.84. The molecule has 1 aliphatic heterocycles. The van der Waals surface area contributed by atoms with Crippen LogP contribution in [-0.2, 0) is 16.0 Å². The van der Waals surface area contributed by atoms with Crippen molar-refractivity contribution in [3.8, 4) is 11.5 Å². The third-order valence-corrected chi connectivity index (χ3v) is 5.64. The van der Waals surface area contributed by atoms with E-state index in [2.05, 4.69) is 0 Å². The molecule has 1 aromatic carbocycles. The lowest BCUT2D eigenvalue weighted by Gasteiger charge is -2.20. The fourth-order valence-electron chi connectivity index (χ4n) is 2.89. The number of thiocarbonyl (C=S) groups is 1. The maximum Gasteiger partial charge on any atom is 0.323 e. The minimum atomic E-state index is -1.08. The molecule has 142 valence electrons. The molecule has 1 aliphatic rings. The highest BCUT2D eigenvalue weighted by molar-refractivity contribution is 8.24. The summed E-state index contributed by atoms with van der Waals surface area (Å²) in [7, 11) is 0. The summed E-state index contributed by atoms with van der Waals surface area (Å²) in [4.78, 5) is 24.6. The van der Waals surface area contributed by atoms with Crippen molar-refractivity contribution < 1.29 is 24.2 Å². The molecule has 1 fully saturated rings. The number of carboxylic acids is 1. The van der Waals surface area contributed by atoms with Gasteiger partial charge in [0.25, 0.3) is 0 Å². The Balaban J connectivity index is 2.31. The minimum Gasteiger partial charge on any atom is -0.490 e. The monoisotopic (exact) mass is 397 g/mol. The second-order valence-electron chi connectivity index (χ2n) is 5.90. The Morgan fingerprint density at radius 2 is 1.88 bits per heavy atom. The summed E-state index contributed by atoms with van der Waals surface area (Å²) in [6.07, 6.45) is 0.457. The van der Waals surface area contributed by atoms with E-state index in [-0.39, 0.29) is 5.91 Å². The van der Waals surface area contributed by atoms with Crippen LogP contribution < -0.4 is 9.47 Å². The number of carbonyl (C=O) groups is 2. The molecule has 0 spiro atoms. The number of aliphatic carboxylic acids is 1.